The second kappa shape index (κ2) is 5.48. The molecule has 0 radical (unpaired) electrons. The lowest BCUT2D eigenvalue weighted by Gasteiger charge is -2.17. The zero-order chi connectivity index (χ0) is 16.8. The highest BCUT2D eigenvalue weighted by Gasteiger charge is 2.21. The summed E-state index contributed by atoms with van der Waals surface area (Å²) >= 11 is 0. The van der Waals surface area contributed by atoms with Gasteiger partial charge < -0.3 is 0 Å². The van der Waals surface area contributed by atoms with E-state index in [1.165, 1.54) is 5.56 Å². The number of aromatic nitrogens is 3. The van der Waals surface area contributed by atoms with Crippen molar-refractivity contribution in [2.75, 3.05) is 0 Å². The van der Waals surface area contributed by atoms with E-state index in [0.29, 0.717) is 5.92 Å². The first-order chi connectivity index (χ1) is 10.8. The number of aryl methyl sites for hydroxylation is 1. The topological polar surface area (TPSA) is 30.7 Å². The van der Waals surface area contributed by atoms with Gasteiger partial charge in [-0.05, 0) is 36.6 Å². The van der Waals surface area contributed by atoms with Crippen LogP contribution >= 0.6 is 0 Å². The van der Waals surface area contributed by atoms with Crippen LogP contribution in [0.15, 0.2) is 36.4 Å². The molecule has 0 unspecified atom stereocenters. The number of pyridine rings is 1. The Morgan fingerprint density at radius 3 is 2.30 bits per heavy atom. The van der Waals surface area contributed by atoms with Gasteiger partial charge in [0.1, 0.15) is 0 Å². The first-order valence-corrected chi connectivity index (χ1v) is 8.25. The minimum atomic E-state index is 0.0208. The first kappa shape index (κ1) is 15.7. The molecule has 23 heavy (non-hydrogen) atoms. The van der Waals surface area contributed by atoms with Crippen molar-refractivity contribution in [1.29, 1.82) is 0 Å². The number of benzene rings is 1. The highest BCUT2D eigenvalue weighted by atomic mass is 15.3. The monoisotopic (exact) mass is 307 g/mol. The zero-order valence-corrected chi connectivity index (χ0v) is 14.9. The lowest BCUT2D eigenvalue weighted by Crippen LogP contribution is -2.14. The van der Waals surface area contributed by atoms with E-state index in [1.807, 2.05) is 4.68 Å². The SMILES string of the molecule is Cc1ccccc1-n1nc(C(C)C)c2ccc(C(C)(C)C)nc21. The zero-order valence-electron chi connectivity index (χ0n) is 14.9. The molecule has 0 aliphatic rings. The van der Waals surface area contributed by atoms with Crippen molar-refractivity contribution in [2.45, 2.75) is 52.9 Å². The van der Waals surface area contributed by atoms with Crippen LogP contribution in [0.2, 0.25) is 0 Å². The maximum absolute atomic E-state index is 4.97. The Balaban J connectivity index is 2.34. The van der Waals surface area contributed by atoms with Crippen LogP contribution in [0.4, 0.5) is 0 Å². The van der Waals surface area contributed by atoms with Crippen molar-refractivity contribution >= 4 is 11.0 Å². The summed E-state index contributed by atoms with van der Waals surface area (Å²) in [6.07, 6.45) is 0. The molecule has 2 aromatic heterocycles. The third-order valence-electron chi connectivity index (χ3n) is 4.22. The Labute approximate surface area is 138 Å². The van der Waals surface area contributed by atoms with Gasteiger partial charge in [-0.3, -0.25) is 0 Å². The van der Waals surface area contributed by atoms with Gasteiger partial charge in [-0.15, -0.1) is 0 Å². The molecule has 1 aromatic carbocycles. The Morgan fingerprint density at radius 2 is 1.70 bits per heavy atom. The van der Waals surface area contributed by atoms with Gasteiger partial charge in [0, 0.05) is 16.5 Å². The van der Waals surface area contributed by atoms with E-state index in [4.69, 9.17) is 10.1 Å². The molecule has 3 aromatic rings. The largest absolute Gasteiger partial charge is 0.232 e. The predicted molar refractivity (Wildman–Crippen MR) is 96.4 cm³/mol. The van der Waals surface area contributed by atoms with Crippen LogP contribution in [0, 0.1) is 6.92 Å². The molecule has 0 atom stereocenters. The number of fused-ring (bicyclic) bond motifs is 1. The highest BCUT2D eigenvalue weighted by Crippen LogP contribution is 2.29. The van der Waals surface area contributed by atoms with Gasteiger partial charge >= 0.3 is 0 Å². The van der Waals surface area contributed by atoms with Crippen LogP contribution < -0.4 is 0 Å². The minimum Gasteiger partial charge on any atom is -0.232 e. The van der Waals surface area contributed by atoms with E-state index in [0.717, 1.165) is 28.1 Å². The summed E-state index contributed by atoms with van der Waals surface area (Å²) in [5, 5.41) is 6.05. The maximum atomic E-state index is 4.97. The summed E-state index contributed by atoms with van der Waals surface area (Å²) in [5.41, 5.74) is 5.48. The van der Waals surface area contributed by atoms with Gasteiger partial charge in [-0.2, -0.15) is 5.10 Å². The quantitative estimate of drug-likeness (QED) is 0.655. The van der Waals surface area contributed by atoms with Gasteiger partial charge in [0.15, 0.2) is 5.65 Å². The van der Waals surface area contributed by atoms with E-state index in [9.17, 15) is 0 Å². The number of hydrogen-bond donors (Lipinski definition) is 0. The second-order valence-corrected chi connectivity index (χ2v) is 7.56. The summed E-state index contributed by atoms with van der Waals surface area (Å²) < 4.78 is 2.01. The van der Waals surface area contributed by atoms with Crippen molar-refractivity contribution in [2.24, 2.45) is 0 Å². The average Bonchev–Trinajstić information content (AvgIpc) is 2.85. The van der Waals surface area contributed by atoms with Crippen molar-refractivity contribution < 1.29 is 0 Å². The number of rotatable bonds is 2. The summed E-state index contributed by atoms with van der Waals surface area (Å²) in [7, 11) is 0. The first-order valence-electron chi connectivity index (χ1n) is 8.25. The van der Waals surface area contributed by atoms with Crippen LogP contribution in [0.5, 0.6) is 0 Å². The van der Waals surface area contributed by atoms with Crippen molar-refractivity contribution in [3.8, 4) is 5.69 Å². The number of hydrogen-bond acceptors (Lipinski definition) is 2. The number of nitrogens with zero attached hydrogens (tertiary/aromatic N) is 3. The van der Waals surface area contributed by atoms with Crippen LogP contribution in [-0.2, 0) is 5.41 Å². The Bertz CT molecular complexity index is 851. The predicted octanol–water partition coefficient (Wildman–Crippen LogP) is 5.15. The Morgan fingerprint density at radius 1 is 1.00 bits per heavy atom. The molecule has 3 rings (SSSR count). The molecule has 0 aliphatic heterocycles. The molecule has 0 aliphatic carbocycles. The fraction of sp³-hybridized carbons (Fsp3) is 0.400. The smallest absolute Gasteiger partial charge is 0.163 e. The van der Waals surface area contributed by atoms with Crippen molar-refractivity contribution in [3.63, 3.8) is 0 Å². The fourth-order valence-corrected chi connectivity index (χ4v) is 2.83. The Kier molecular flexibility index (Phi) is 3.75. The lowest BCUT2D eigenvalue weighted by atomic mass is 9.91. The molecule has 0 fully saturated rings. The van der Waals surface area contributed by atoms with Crippen LogP contribution in [0.1, 0.15) is 57.5 Å². The number of para-hydroxylation sites is 1. The minimum absolute atomic E-state index is 0.0208. The van der Waals surface area contributed by atoms with E-state index in [1.54, 1.807) is 0 Å². The summed E-state index contributed by atoms with van der Waals surface area (Å²) in [6.45, 7) is 13.1. The van der Waals surface area contributed by atoms with E-state index < -0.39 is 0 Å². The molecule has 0 saturated heterocycles. The third-order valence-corrected chi connectivity index (χ3v) is 4.22. The molecule has 0 bridgehead atoms. The van der Waals surface area contributed by atoms with Crippen molar-refractivity contribution in [3.05, 3.63) is 53.3 Å². The molecule has 0 amide bonds. The molecule has 2 heterocycles. The summed E-state index contributed by atoms with van der Waals surface area (Å²) in [6, 6.07) is 12.7. The van der Waals surface area contributed by atoms with Crippen LogP contribution in [0.25, 0.3) is 16.7 Å². The molecule has 3 heteroatoms. The van der Waals surface area contributed by atoms with Gasteiger partial charge in [-0.25, -0.2) is 9.67 Å². The summed E-state index contributed by atoms with van der Waals surface area (Å²) in [4.78, 5) is 4.97. The molecule has 0 saturated carbocycles. The highest BCUT2D eigenvalue weighted by molar-refractivity contribution is 5.81. The molecule has 120 valence electrons. The normalized spacial score (nSPS) is 12.3. The second-order valence-electron chi connectivity index (χ2n) is 7.56. The Hall–Kier alpha value is -2.16. The van der Waals surface area contributed by atoms with Gasteiger partial charge in [0.05, 0.1) is 11.4 Å². The van der Waals surface area contributed by atoms with Gasteiger partial charge in [-0.1, -0.05) is 52.8 Å². The van der Waals surface area contributed by atoms with E-state index in [-0.39, 0.29) is 5.41 Å². The lowest BCUT2D eigenvalue weighted by molar-refractivity contribution is 0.570. The third kappa shape index (κ3) is 2.76. The fourth-order valence-electron chi connectivity index (χ4n) is 2.83. The molecule has 0 N–H and O–H groups in total. The maximum Gasteiger partial charge on any atom is 0.163 e. The van der Waals surface area contributed by atoms with E-state index >= 15 is 0 Å². The van der Waals surface area contributed by atoms with E-state index in [2.05, 4.69) is 77.9 Å². The van der Waals surface area contributed by atoms with Gasteiger partial charge in [0.2, 0.25) is 0 Å². The van der Waals surface area contributed by atoms with Crippen LogP contribution in [-0.4, -0.2) is 14.8 Å². The molecular formula is C20H25N3. The standard InChI is InChI=1S/C20H25N3/c1-13(2)18-15-11-12-17(20(4,5)6)21-19(15)23(22-18)16-10-8-7-9-14(16)3/h7-13H,1-6H3. The molecule has 0 spiro atoms. The van der Waals surface area contributed by atoms with Crippen LogP contribution in [0.3, 0.4) is 0 Å². The van der Waals surface area contributed by atoms with Gasteiger partial charge in [0.25, 0.3) is 0 Å². The van der Waals surface area contributed by atoms with Crippen molar-refractivity contribution in [1.82, 2.24) is 14.8 Å². The molecule has 3 nitrogen and oxygen atoms in total. The molecular weight excluding hydrogens is 282 g/mol. The summed E-state index contributed by atoms with van der Waals surface area (Å²) in [5.74, 6) is 0.366. The average molecular weight is 307 g/mol.